The summed E-state index contributed by atoms with van der Waals surface area (Å²) in [5, 5.41) is 8.36. The van der Waals surface area contributed by atoms with Crippen molar-refractivity contribution in [3.63, 3.8) is 0 Å². The summed E-state index contributed by atoms with van der Waals surface area (Å²) in [4.78, 5) is 23.1. The normalized spacial score (nSPS) is 11.5. The topological polar surface area (TPSA) is 67.2 Å². The number of hydrogen-bond acceptors (Lipinski definition) is 4. The van der Waals surface area contributed by atoms with Crippen LogP contribution in [-0.2, 0) is 16.0 Å². The van der Waals surface area contributed by atoms with Gasteiger partial charge < -0.3 is 4.74 Å². The van der Waals surface area contributed by atoms with Crippen LogP contribution in [-0.4, -0.2) is 23.7 Å². The van der Waals surface area contributed by atoms with Crippen molar-refractivity contribution in [2.45, 2.75) is 25.6 Å². The SMILES string of the molecule is CCOC(=O)Cc1ccc(C(=O)C(C)Cl)c(C#N)c1. The number of halogens is 1. The van der Waals surface area contributed by atoms with E-state index in [4.69, 9.17) is 21.6 Å². The van der Waals surface area contributed by atoms with Gasteiger partial charge in [-0.1, -0.05) is 6.07 Å². The van der Waals surface area contributed by atoms with Gasteiger partial charge in [-0.25, -0.2) is 0 Å². The summed E-state index contributed by atoms with van der Waals surface area (Å²) in [5.41, 5.74) is 1.13. The summed E-state index contributed by atoms with van der Waals surface area (Å²) in [6.07, 6.45) is 0.0768. The van der Waals surface area contributed by atoms with Gasteiger partial charge >= 0.3 is 5.97 Å². The molecule has 1 atom stereocenters. The first kappa shape index (κ1) is 15.2. The van der Waals surface area contributed by atoms with Crippen LogP contribution in [0.4, 0.5) is 0 Å². The van der Waals surface area contributed by atoms with Gasteiger partial charge in [0.2, 0.25) is 0 Å². The molecule has 0 bridgehead atoms. The predicted octanol–water partition coefficient (Wildman–Crippen LogP) is 2.47. The van der Waals surface area contributed by atoms with Crippen molar-refractivity contribution in [2.24, 2.45) is 0 Å². The fraction of sp³-hybridized carbons (Fsp3) is 0.357. The van der Waals surface area contributed by atoms with E-state index in [0.717, 1.165) is 0 Å². The number of nitriles is 1. The third-order valence-electron chi connectivity index (χ3n) is 2.48. The summed E-state index contributed by atoms with van der Waals surface area (Å²) in [7, 11) is 0. The zero-order valence-corrected chi connectivity index (χ0v) is 11.5. The minimum Gasteiger partial charge on any atom is -0.466 e. The molecule has 0 fully saturated rings. The van der Waals surface area contributed by atoms with Gasteiger partial charge in [0.25, 0.3) is 0 Å². The maximum Gasteiger partial charge on any atom is 0.310 e. The molecule has 4 nitrogen and oxygen atoms in total. The Labute approximate surface area is 116 Å². The average Bonchev–Trinajstić information content (AvgIpc) is 2.37. The summed E-state index contributed by atoms with van der Waals surface area (Å²) < 4.78 is 4.83. The third kappa shape index (κ3) is 4.08. The van der Waals surface area contributed by atoms with Gasteiger partial charge in [0.1, 0.15) is 0 Å². The first-order valence-electron chi connectivity index (χ1n) is 5.86. The second kappa shape index (κ2) is 6.91. The Hall–Kier alpha value is -1.86. The largest absolute Gasteiger partial charge is 0.466 e. The zero-order chi connectivity index (χ0) is 14.4. The molecule has 1 aromatic rings. The van der Waals surface area contributed by atoms with Crippen LogP contribution in [0.15, 0.2) is 18.2 Å². The second-order valence-corrected chi connectivity index (χ2v) is 4.61. The molecule has 0 saturated carbocycles. The molecule has 1 unspecified atom stereocenters. The lowest BCUT2D eigenvalue weighted by Gasteiger charge is -2.07. The lowest BCUT2D eigenvalue weighted by atomic mass is 9.99. The summed E-state index contributed by atoms with van der Waals surface area (Å²) in [6, 6.07) is 6.61. The molecule has 0 spiro atoms. The molecule has 0 radical (unpaired) electrons. The Kier molecular flexibility index (Phi) is 5.53. The number of alkyl halides is 1. The van der Waals surface area contributed by atoms with E-state index < -0.39 is 5.38 Å². The second-order valence-electron chi connectivity index (χ2n) is 3.95. The van der Waals surface area contributed by atoms with E-state index in [1.54, 1.807) is 19.9 Å². The monoisotopic (exact) mass is 279 g/mol. The van der Waals surface area contributed by atoms with Crippen LogP contribution in [0.2, 0.25) is 0 Å². The molecule has 19 heavy (non-hydrogen) atoms. The third-order valence-corrected chi connectivity index (χ3v) is 2.68. The molecule has 0 aliphatic carbocycles. The maximum absolute atomic E-state index is 11.8. The highest BCUT2D eigenvalue weighted by Crippen LogP contribution is 2.16. The Morgan fingerprint density at radius 3 is 2.68 bits per heavy atom. The van der Waals surface area contributed by atoms with Crippen LogP contribution >= 0.6 is 11.6 Å². The average molecular weight is 280 g/mol. The van der Waals surface area contributed by atoms with Gasteiger partial charge in [-0.3, -0.25) is 9.59 Å². The predicted molar refractivity (Wildman–Crippen MR) is 71.1 cm³/mol. The van der Waals surface area contributed by atoms with E-state index in [-0.39, 0.29) is 29.3 Å². The number of rotatable bonds is 5. The number of ether oxygens (including phenoxy) is 1. The van der Waals surface area contributed by atoms with Crippen molar-refractivity contribution in [3.05, 3.63) is 34.9 Å². The minimum absolute atomic E-state index is 0.0768. The van der Waals surface area contributed by atoms with Gasteiger partial charge in [0.05, 0.1) is 30.0 Å². The van der Waals surface area contributed by atoms with Crippen LogP contribution in [0.5, 0.6) is 0 Å². The quantitative estimate of drug-likeness (QED) is 0.472. The number of carbonyl (C=O) groups is 2. The lowest BCUT2D eigenvalue weighted by Crippen LogP contribution is -2.13. The molecular formula is C14H14ClNO3. The Bertz CT molecular complexity index is 532. The Balaban J connectivity index is 3.00. The highest BCUT2D eigenvalue weighted by atomic mass is 35.5. The zero-order valence-electron chi connectivity index (χ0n) is 10.8. The first-order chi connectivity index (χ1) is 8.99. The van der Waals surface area contributed by atoms with Crippen LogP contribution in [0.1, 0.15) is 35.3 Å². The van der Waals surface area contributed by atoms with Gasteiger partial charge in [0.15, 0.2) is 5.78 Å². The number of hydrogen-bond donors (Lipinski definition) is 0. The molecule has 0 N–H and O–H groups in total. The van der Waals surface area contributed by atoms with E-state index in [1.165, 1.54) is 12.1 Å². The van der Waals surface area contributed by atoms with Gasteiger partial charge in [0, 0.05) is 5.56 Å². The van der Waals surface area contributed by atoms with Gasteiger partial charge in [-0.2, -0.15) is 5.26 Å². The number of esters is 1. The maximum atomic E-state index is 11.8. The molecule has 0 aliphatic rings. The number of Topliss-reactive ketones (excluding diaryl/α,β-unsaturated/α-hetero) is 1. The van der Waals surface area contributed by atoms with Gasteiger partial charge in [-0.15, -0.1) is 11.6 Å². The number of benzene rings is 1. The summed E-state index contributed by atoms with van der Waals surface area (Å²) in [5.74, 6) is -0.669. The molecule has 0 amide bonds. The summed E-state index contributed by atoms with van der Waals surface area (Å²) >= 11 is 5.72. The molecular weight excluding hydrogens is 266 g/mol. The van der Waals surface area contributed by atoms with Crippen molar-refractivity contribution in [1.29, 1.82) is 5.26 Å². The van der Waals surface area contributed by atoms with Crippen LogP contribution in [0, 0.1) is 11.3 Å². The smallest absolute Gasteiger partial charge is 0.310 e. The molecule has 5 heteroatoms. The van der Waals surface area contributed by atoms with Gasteiger partial charge in [-0.05, 0) is 31.5 Å². The van der Waals surface area contributed by atoms with Crippen molar-refractivity contribution in [3.8, 4) is 6.07 Å². The summed E-state index contributed by atoms with van der Waals surface area (Å²) in [6.45, 7) is 3.59. The number of carbonyl (C=O) groups excluding carboxylic acids is 2. The highest BCUT2D eigenvalue weighted by Gasteiger charge is 2.17. The fourth-order valence-electron chi connectivity index (χ4n) is 1.60. The standard InChI is InChI=1S/C14H14ClNO3/c1-3-19-13(17)7-10-4-5-12(11(6-10)8-16)14(18)9(2)15/h4-6,9H,3,7H2,1-2H3. The fourth-order valence-corrected chi connectivity index (χ4v) is 1.72. The molecule has 0 aliphatic heterocycles. The van der Waals surface area contributed by atoms with Crippen molar-refractivity contribution in [1.82, 2.24) is 0 Å². The lowest BCUT2D eigenvalue weighted by molar-refractivity contribution is -0.142. The highest BCUT2D eigenvalue weighted by molar-refractivity contribution is 6.33. The van der Waals surface area contributed by atoms with Crippen molar-refractivity contribution in [2.75, 3.05) is 6.61 Å². The van der Waals surface area contributed by atoms with E-state index in [9.17, 15) is 9.59 Å². The number of nitrogens with zero attached hydrogens (tertiary/aromatic N) is 1. The molecule has 0 saturated heterocycles. The van der Waals surface area contributed by atoms with Crippen molar-refractivity contribution < 1.29 is 14.3 Å². The van der Waals surface area contributed by atoms with E-state index in [2.05, 4.69) is 0 Å². The van der Waals surface area contributed by atoms with E-state index in [0.29, 0.717) is 12.2 Å². The first-order valence-corrected chi connectivity index (χ1v) is 6.30. The molecule has 100 valence electrons. The molecule has 0 heterocycles. The Morgan fingerprint density at radius 1 is 1.47 bits per heavy atom. The van der Waals surface area contributed by atoms with Crippen molar-refractivity contribution >= 4 is 23.4 Å². The Morgan fingerprint density at radius 2 is 2.16 bits per heavy atom. The van der Waals surface area contributed by atoms with Crippen LogP contribution in [0.3, 0.4) is 0 Å². The van der Waals surface area contributed by atoms with E-state index >= 15 is 0 Å². The minimum atomic E-state index is -0.692. The molecule has 1 rings (SSSR count). The van der Waals surface area contributed by atoms with E-state index in [1.807, 2.05) is 6.07 Å². The van der Waals surface area contributed by atoms with Crippen LogP contribution in [0.25, 0.3) is 0 Å². The molecule has 0 aromatic heterocycles. The number of ketones is 1. The molecule has 1 aromatic carbocycles. The van der Waals surface area contributed by atoms with Crippen LogP contribution < -0.4 is 0 Å².